The number of hydrogen-bond acceptors (Lipinski definition) is 2. The van der Waals surface area contributed by atoms with Gasteiger partial charge in [-0.05, 0) is 18.2 Å². The molecule has 0 spiro atoms. The summed E-state index contributed by atoms with van der Waals surface area (Å²) in [5.41, 5.74) is 0.106. The van der Waals surface area contributed by atoms with Crippen LogP contribution in [0.25, 0.3) is 0 Å². The number of alkyl halides is 1. The molecule has 114 valence electrons. The zero-order valence-corrected chi connectivity index (χ0v) is 12.1. The van der Waals surface area contributed by atoms with Gasteiger partial charge in [-0.1, -0.05) is 0 Å². The number of hydrogen-bond donors (Lipinski definition) is 0. The smallest absolute Gasteiger partial charge is 0.254 e. The van der Waals surface area contributed by atoms with Crippen LogP contribution in [0.3, 0.4) is 0 Å². The largest absolute Gasteiger partial charge is 0.339 e. The summed E-state index contributed by atoms with van der Waals surface area (Å²) in [4.78, 5) is 27.0. The summed E-state index contributed by atoms with van der Waals surface area (Å²) in [7, 11) is 0. The SMILES string of the molecule is O=C(CCCl)N1CCN(C(=O)c2ccc(F)c(F)c2)CC1. The average molecular weight is 317 g/mol. The Hall–Kier alpha value is -1.69. The second-order valence-corrected chi connectivity index (χ2v) is 5.12. The van der Waals surface area contributed by atoms with Crippen LogP contribution >= 0.6 is 11.6 Å². The summed E-state index contributed by atoms with van der Waals surface area (Å²) in [6.07, 6.45) is 0.276. The maximum absolute atomic E-state index is 13.1. The van der Waals surface area contributed by atoms with Crippen molar-refractivity contribution in [1.29, 1.82) is 0 Å². The Balaban J connectivity index is 1.97. The molecule has 1 aliphatic rings. The summed E-state index contributed by atoms with van der Waals surface area (Å²) in [5.74, 6) is -2.16. The second-order valence-electron chi connectivity index (χ2n) is 4.74. The van der Waals surface area contributed by atoms with Crippen LogP contribution in [-0.4, -0.2) is 53.7 Å². The van der Waals surface area contributed by atoms with Gasteiger partial charge < -0.3 is 9.80 Å². The van der Waals surface area contributed by atoms with Crippen molar-refractivity contribution in [1.82, 2.24) is 9.80 Å². The fraction of sp³-hybridized carbons (Fsp3) is 0.429. The van der Waals surface area contributed by atoms with Crippen LogP contribution < -0.4 is 0 Å². The van der Waals surface area contributed by atoms with Crippen LogP contribution in [0.2, 0.25) is 0 Å². The standard InChI is InChI=1S/C14H15ClF2N2O2/c15-4-3-13(20)18-5-7-19(8-6-18)14(21)10-1-2-11(16)12(17)9-10/h1-2,9H,3-8H2. The van der Waals surface area contributed by atoms with Gasteiger partial charge in [0.15, 0.2) is 11.6 Å². The zero-order chi connectivity index (χ0) is 15.4. The molecule has 0 unspecified atom stereocenters. The highest BCUT2D eigenvalue weighted by Crippen LogP contribution is 2.13. The molecule has 2 amide bonds. The fourth-order valence-electron chi connectivity index (χ4n) is 2.21. The summed E-state index contributed by atoms with van der Waals surface area (Å²) in [5, 5.41) is 0. The minimum absolute atomic E-state index is 0.0371. The van der Waals surface area contributed by atoms with Gasteiger partial charge in [-0.15, -0.1) is 11.6 Å². The van der Waals surface area contributed by atoms with Crippen molar-refractivity contribution in [2.45, 2.75) is 6.42 Å². The predicted octanol–water partition coefficient (Wildman–Crippen LogP) is 1.88. The van der Waals surface area contributed by atoms with Crippen molar-refractivity contribution in [2.24, 2.45) is 0 Å². The van der Waals surface area contributed by atoms with Crippen molar-refractivity contribution in [3.05, 3.63) is 35.4 Å². The molecule has 1 aliphatic heterocycles. The molecule has 0 aromatic heterocycles. The van der Waals surface area contributed by atoms with Crippen LogP contribution in [0.4, 0.5) is 8.78 Å². The molecule has 4 nitrogen and oxygen atoms in total. The maximum atomic E-state index is 13.1. The number of rotatable bonds is 3. The highest BCUT2D eigenvalue weighted by atomic mass is 35.5. The van der Waals surface area contributed by atoms with E-state index in [0.29, 0.717) is 26.2 Å². The monoisotopic (exact) mass is 316 g/mol. The first-order valence-electron chi connectivity index (χ1n) is 6.61. The van der Waals surface area contributed by atoms with Crippen LogP contribution in [0, 0.1) is 11.6 Å². The van der Waals surface area contributed by atoms with Crippen molar-refractivity contribution in [2.75, 3.05) is 32.1 Å². The van der Waals surface area contributed by atoms with Crippen LogP contribution in [0.15, 0.2) is 18.2 Å². The van der Waals surface area contributed by atoms with Gasteiger partial charge in [0.2, 0.25) is 5.91 Å². The molecule has 0 saturated carbocycles. The number of carbonyl (C=O) groups excluding carboxylic acids is 2. The van der Waals surface area contributed by atoms with Crippen LogP contribution in [0.5, 0.6) is 0 Å². The first-order valence-corrected chi connectivity index (χ1v) is 7.14. The molecule has 7 heteroatoms. The molecular weight excluding hydrogens is 302 g/mol. The Kier molecular flexibility index (Phi) is 5.12. The van der Waals surface area contributed by atoms with E-state index in [0.717, 1.165) is 12.1 Å². The average Bonchev–Trinajstić information content (AvgIpc) is 2.50. The third kappa shape index (κ3) is 3.69. The minimum atomic E-state index is -1.04. The van der Waals surface area contributed by atoms with Crippen molar-refractivity contribution in [3.8, 4) is 0 Å². The maximum Gasteiger partial charge on any atom is 0.254 e. The Labute approximate surface area is 126 Å². The second kappa shape index (κ2) is 6.85. The van der Waals surface area contributed by atoms with E-state index in [-0.39, 0.29) is 29.7 Å². The van der Waals surface area contributed by atoms with Crippen molar-refractivity contribution >= 4 is 23.4 Å². The molecule has 0 bridgehead atoms. The molecule has 1 saturated heterocycles. The van der Waals surface area contributed by atoms with Crippen LogP contribution in [0.1, 0.15) is 16.8 Å². The third-order valence-corrected chi connectivity index (χ3v) is 3.58. The number of nitrogens with zero attached hydrogens (tertiary/aromatic N) is 2. The van der Waals surface area contributed by atoms with E-state index in [1.54, 1.807) is 4.90 Å². The topological polar surface area (TPSA) is 40.6 Å². The molecule has 0 N–H and O–H groups in total. The fourth-order valence-corrected chi connectivity index (χ4v) is 2.37. The molecule has 1 heterocycles. The predicted molar refractivity (Wildman–Crippen MR) is 74.2 cm³/mol. The molecule has 0 radical (unpaired) electrons. The number of benzene rings is 1. The Bertz CT molecular complexity index is 546. The van der Waals surface area contributed by atoms with E-state index >= 15 is 0 Å². The number of piperazine rings is 1. The summed E-state index contributed by atoms with van der Waals surface area (Å²) >= 11 is 5.52. The van der Waals surface area contributed by atoms with Gasteiger partial charge in [-0.2, -0.15) is 0 Å². The molecule has 1 aromatic rings. The molecule has 21 heavy (non-hydrogen) atoms. The van der Waals surface area contributed by atoms with E-state index < -0.39 is 11.6 Å². The minimum Gasteiger partial charge on any atom is -0.339 e. The molecule has 2 rings (SSSR count). The first-order chi connectivity index (χ1) is 10.0. The summed E-state index contributed by atoms with van der Waals surface area (Å²) < 4.78 is 26.0. The van der Waals surface area contributed by atoms with Gasteiger partial charge in [0.1, 0.15) is 0 Å². The molecule has 1 aromatic carbocycles. The van der Waals surface area contributed by atoms with Gasteiger partial charge >= 0.3 is 0 Å². The van der Waals surface area contributed by atoms with Gasteiger partial charge in [0.25, 0.3) is 5.91 Å². The van der Waals surface area contributed by atoms with Gasteiger partial charge in [0.05, 0.1) is 0 Å². The van der Waals surface area contributed by atoms with Gasteiger partial charge in [-0.3, -0.25) is 9.59 Å². The van der Waals surface area contributed by atoms with Gasteiger partial charge in [0, 0.05) is 44.0 Å². The highest BCUT2D eigenvalue weighted by Gasteiger charge is 2.24. The van der Waals surface area contributed by atoms with Gasteiger partial charge in [-0.25, -0.2) is 8.78 Å². The van der Waals surface area contributed by atoms with Crippen molar-refractivity contribution < 1.29 is 18.4 Å². The van der Waals surface area contributed by atoms with E-state index in [1.165, 1.54) is 11.0 Å². The van der Waals surface area contributed by atoms with Crippen molar-refractivity contribution in [3.63, 3.8) is 0 Å². The van der Waals surface area contributed by atoms with E-state index in [2.05, 4.69) is 0 Å². The Morgan fingerprint density at radius 1 is 1.05 bits per heavy atom. The number of amides is 2. The normalized spacial score (nSPS) is 15.2. The molecule has 0 aliphatic carbocycles. The lowest BCUT2D eigenvalue weighted by molar-refractivity contribution is -0.132. The van der Waals surface area contributed by atoms with E-state index in [4.69, 9.17) is 11.6 Å². The molecule has 0 atom stereocenters. The van der Waals surface area contributed by atoms with Crippen LogP contribution in [-0.2, 0) is 4.79 Å². The first kappa shape index (κ1) is 15.7. The number of carbonyl (C=O) groups is 2. The quantitative estimate of drug-likeness (QED) is 0.799. The Morgan fingerprint density at radius 3 is 2.24 bits per heavy atom. The molecule has 1 fully saturated rings. The lowest BCUT2D eigenvalue weighted by atomic mass is 10.1. The zero-order valence-electron chi connectivity index (χ0n) is 11.3. The number of halogens is 3. The molecular formula is C14H15ClF2N2O2. The summed E-state index contributed by atoms with van der Waals surface area (Å²) in [6.45, 7) is 1.58. The Morgan fingerprint density at radius 2 is 1.67 bits per heavy atom. The van der Waals surface area contributed by atoms with E-state index in [9.17, 15) is 18.4 Å². The summed E-state index contributed by atoms with van der Waals surface area (Å²) in [6, 6.07) is 3.08. The third-order valence-electron chi connectivity index (χ3n) is 3.39. The lowest BCUT2D eigenvalue weighted by Gasteiger charge is -2.34. The lowest BCUT2D eigenvalue weighted by Crippen LogP contribution is -2.50. The van der Waals surface area contributed by atoms with E-state index in [1.807, 2.05) is 0 Å². The highest BCUT2D eigenvalue weighted by molar-refractivity contribution is 6.18.